The fourth-order valence-electron chi connectivity index (χ4n) is 0.876. The van der Waals surface area contributed by atoms with Gasteiger partial charge in [-0.3, -0.25) is 4.79 Å². The lowest BCUT2D eigenvalue weighted by Gasteiger charge is -2.15. The molecule has 0 aliphatic rings. The number of nitriles is 1. The van der Waals surface area contributed by atoms with Gasteiger partial charge in [0, 0.05) is 5.25 Å². The van der Waals surface area contributed by atoms with Crippen LogP contribution in [0.5, 0.6) is 0 Å². The van der Waals surface area contributed by atoms with Gasteiger partial charge in [-0.1, -0.05) is 6.92 Å². The van der Waals surface area contributed by atoms with Crippen molar-refractivity contribution in [3.05, 3.63) is 0 Å². The van der Waals surface area contributed by atoms with Crippen molar-refractivity contribution in [2.24, 2.45) is 5.41 Å². The van der Waals surface area contributed by atoms with Crippen molar-refractivity contribution in [1.82, 2.24) is 0 Å². The zero-order valence-corrected chi connectivity index (χ0v) is 9.73. The van der Waals surface area contributed by atoms with Gasteiger partial charge in [0.2, 0.25) is 0 Å². The summed E-state index contributed by atoms with van der Waals surface area (Å²) in [4.78, 5) is 10.4. The normalized spacial score (nSPS) is 13.3. The highest BCUT2D eigenvalue weighted by Crippen LogP contribution is 2.24. The summed E-state index contributed by atoms with van der Waals surface area (Å²) in [6, 6.07) is 2.23. The van der Waals surface area contributed by atoms with Gasteiger partial charge < -0.3 is 5.11 Å². The molecule has 0 aromatic heterocycles. The molecule has 0 saturated carbocycles. The van der Waals surface area contributed by atoms with E-state index >= 15 is 0 Å². The lowest BCUT2D eigenvalue weighted by atomic mass is 9.93. The topological polar surface area (TPSA) is 61.1 Å². The molecule has 0 radical (unpaired) electrons. The van der Waals surface area contributed by atoms with E-state index in [1.54, 1.807) is 11.8 Å². The van der Waals surface area contributed by atoms with E-state index in [0.717, 1.165) is 12.2 Å². The van der Waals surface area contributed by atoms with Crippen LogP contribution in [-0.4, -0.2) is 22.1 Å². The first kappa shape index (κ1) is 13.3. The molecular weight excluding hydrogens is 198 g/mol. The molecule has 0 fully saturated rings. The Balaban J connectivity index is 3.65. The summed E-state index contributed by atoms with van der Waals surface area (Å²) in [6.07, 6.45) is 0.996. The molecule has 0 amide bonds. The molecule has 1 N–H and O–H groups in total. The summed E-state index contributed by atoms with van der Waals surface area (Å²) in [5, 5.41) is 17.4. The average molecular weight is 215 g/mol. The molecule has 0 aromatic rings. The third-order valence-corrected chi connectivity index (χ3v) is 3.07. The van der Waals surface area contributed by atoms with Gasteiger partial charge in [0.15, 0.2) is 0 Å². The van der Waals surface area contributed by atoms with Crippen LogP contribution < -0.4 is 0 Å². The molecule has 0 aliphatic carbocycles. The summed E-state index contributed by atoms with van der Waals surface area (Å²) in [6.45, 7) is 5.70. The summed E-state index contributed by atoms with van der Waals surface area (Å²) in [5.74, 6) is 0.0826. The molecular formula is C10H17NO2S. The fourth-order valence-corrected chi connectivity index (χ4v) is 2.17. The smallest absolute Gasteiger partial charge is 0.304 e. The van der Waals surface area contributed by atoms with Crippen LogP contribution in [0, 0.1) is 16.7 Å². The molecule has 80 valence electrons. The van der Waals surface area contributed by atoms with Gasteiger partial charge in [0.25, 0.3) is 0 Å². The SMILES string of the molecule is CC(CC(=O)O)SCCC(C)(C)C#N. The van der Waals surface area contributed by atoms with Gasteiger partial charge in [0.05, 0.1) is 17.9 Å². The summed E-state index contributed by atoms with van der Waals surface area (Å²) < 4.78 is 0. The lowest BCUT2D eigenvalue weighted by Crippen LogP contribution is -2.11. The fraction of sp³-hybridized carbons (Fsp3) is 0.800. The Labute approximate surface area is 89.5 Å². The number of aliphatic carboxylic acids is 1. The van der Waals surface area contributed by atoms with Crippen LogP contribution in [-0.2, 0) is 4.79 Å². The quantitative estimate of drug-likeness (QED) is 0.739. The Bertz CT molecular complexity index is 233. The van der Waals surface area contributed by atoms with E-state index in [4.69, 9.17) is 10.4 Å². The molecule has 3 nitrogen and oxygen atoms in total. The predicted octanol–water partition coefficient (Wildman–Crippen LogP) is 2.52. The van der Waals surface area contributed by atoms with E-state index in [1.165, 1.54) is 0 Å². The average Bonchev–Trinajstić information content (AvgIpc) is 2.02. The Morgan fingerprint density at radius 3 is 2.64 bits per heavy atom. The second-order valence-corrected chi connectivity index (χ2v) is 5.57. The Hall–Kier alpha value is -0.690. The van der Waals surface area contributed by atoms with E-state index in [1.807, 2.05) is 20.8 Å². The van der Waals surface area contributed by atoms with Crippen LogP contribution in [0.2, 0.25) is 0 Å². The standard InChI is InChI=1S/C10H17NO2S/c1-8(6-9(12)13)14-5-4-10(2,3)7-11/h8H,4-6H2,1-3H3,(H,12,13). The number of hydrogen-bond acceptors (Lipinski definition) is 3. The number of thioether (sulfide) groups is 1. The minimum absolute atomic E-state index is 0.127. The molecule has 4 heteroatoms. The predicted molar refractivity (Wildman–Crippen MR) is 58.2 cm³/mol. The molecule has 0 bridgehead atoms. The van der Waals surface area contributed by atoms with Gasteiger partial charge in [-0.25, -0.2) is 0 Å². The van der Waals surface area contributed by atoms with E-state index in [0.29, 0.717) is 0 Å². The van der Waals surface area contributed by atoms with Crippen LogP contribution in [0.4, 0.5) is 0 Å². The molecule has 0 heterocycles. The Morgan fingerprint density at radius 2 is 2.21 bits per heavy atom. The van der Waals surface area contributed by atoms with Crippen LogP contribution in [0.1, 0.15) is 33.6 Å². The molecule has 14 heavy (non-hydrogen) atoms. The summed E-state index contributed by atoms with van der Waals surface area (Å²) in [7, 11) is 0. The van der Waals surface area contributed by atoms with Crippen molar-refractivity contribution in [1.29, 1.82) is 5.26 Å². The van der Waals surface area contributed by atoms with Crippen LogP contribution >= 0.6 is 11.8 Å². The number of carboxylic acids is 1. The van der Waals surface area contributed by atoms with Crippen molar-refractivity contribution in [3.63, 3.8) is 0 Å². The monoisotopic (exact) mass is 215 g/mol. The zero-order valence-electron chi connectivity index (χ0n) is 8.91. The van der Waals surface area contributed by atoms with Crippen molar-refractivity contribution >= 4 is 17.7 Å². The van der Waals surface area contributed by atoms with Crippen LogP contribution in [0.25, 0.3) is 0 Å². The first-order chi connectivity index (χ1) is 6.37. The van der Waals surface area contributed by atoms with E-state index < -0.39 is 5.97 Å². The van der Waals surface area contributed by atoms with Crippen molar-refractivity contribution in [2.45, 2.75) is 38.9 Å². The van der Waals surface area contributed by atoms with Crippen molar-refractivity contribution < 1.29 is 9.90 Å². The van der Waals surface area contributed by atoms with Crippen LogP contribution in [0.3, 0.4) is 0 Å². The highest BCUT2D eigenvalue weighted by atomic mass is 32.2. The van der Waals surface area contributed by atoms with Crippen molar-refractivity contribution in [2.75, 3.05) is 5.75 Å². The highest BCUT2D eigenvalue weighted by Gasteiger charge is 2.17. The van der Waals surface area contributed by atoms with E-state index in [-0.39, 0.29) is 17.1 Å². The number of carboxylic acid groups (broad SMARTS) is 1. The molecule has 1 unspecified atom stereocenters. The number of hydrogen-bond donors (Lipinski definition) is 1. The first-order valence-corrected chi connectivity index (χ1v) is 5.67. The minimum Gasteiger partial charge on any atom is -0.481 e. The molecule has 0 aromatic carbocycles. The first-order valence-electron chi connectivity index (χ1n) is 4.62. The molecule has 0 saturated heterocycles. The number of rotatable bonds is 6. The highest BCUT2D eigenvalue weighted by molar-refractivity contribution is 7.99. The maximum absolute atomic E-state index is 10.4. The maximum atomic E-state index is 10.4. The number of carbonyl (C=O) groups is 1. The van der Waals surface area contributed by atoms with Gasteiger partial charge in [0.1, 0.15) is 0 Å². The second kappa shape index (κ2) is 5.92. The lowest BCUT2D eigenvalue weighted by molar-refractivity contribution is -0.136. The van der Waals surface area contributed by atoms with Gasteiger partial charge >= 0.3 is 5.97 Å². The third-order valence-electron chi connectivity index (χ3n) is 1.89. The number of nitrogens with zero attached hydrogens (tertiary/aromatic N) is 1. The Kier molecular flexibility index (Phi) is 5.63. The summed E-state index contributed by atoms with van der Waals surface area (Å²) >= 11 is 1.62. The van der Waals surface area contributed by atoms with Gasteiger partial charge in [-0.2, -0.15) is 17.0 Å². The van der Waals surface area contributed by atoms with Crippen molar-refractivity contribution in [3.8, 4) is 6.07 Å². The summed E-state index contributed by atoms with van der Waals surface area (Å²) in [5.41, 5.74) is -0.296. The second-order valence-electron chi connectivity index (χ2n) is 4.02. The van der Waals surface area contributed by atoms with E-state index in [2.05, 4.69) is 6.07 Å². The van der Waals surface area contributed by atoms with Gasteiger partial charge in [-0.15, -0.1) is 0 Å². The largest absolute Gasteiger partial charge is 0.481 e. The van der Waals surface area contributed by atoms with Crippen LogP contribution in [0.15, 0.2) is 0 Å². The molecule has 1 atom stereocenters. The Morgan fingerprint density at radius 1 is 1.64 bits per heavy atom. The zero-order chi connectivity index (χ0) is 11.2. The molecule has 0 spiro atoms. The maximum Gasteiger partial charge on any atom is 0.304 e. The van der Waals surface area contributed by atoms with E-state index in [9.17, 15) is 4.79 Å². The molecule has 0 aliphatic heterocycles. The third kappa shape index (κ3) is 6.79. The minimum atomic E-state index is -0.760. The molecule has 0 rings (SSSR count). The van der Waals surface area contributed by atoms with Gasteiger partial charge in [-0.05, 0) is 26.0 Å².